The van der Waals surface area contributed by atoms with E-state index in [2.05, 4.69) is 22.8 Å². The lowest BCUT2D eigenvalue weighted by atomic mass is 9.90. The highest BCUT2D eigenvalue weighted by Crippen LogP contribution is 2.31. The first-order valence-electron chi connectivity index (χ1n) is 7.95. The number of nitrogens with one attached hydrogen (secondary N) is 2. The molecule has 108 valence electrons. The van der Waals surface area contributed by atoms with Crippen LogP contribution < -0.4 is 10.6 Å². The third-order valence-corrected chi connectivity index (χ3v) is 4.73. The fraction of sp³-hybridized carbons (Fsp3) is 0.588. The molecule has 1 aliphatic carbocycles. The van der Waals surface area contributed by atoms with Crippen molar-refractivity contribution in [2.75, 3.05) is 18.4 Å². The molecule has 1 amide bonds. The molecule has 0 bridgehead atoms. The van der Waals surface area contributed by atoms with E-state index < -0.39 is 0 Å². The lowest BCUT2D eigenvalue weighted by Gasteiger charge is -2.26. The molecule has 1 fully saturated rings. The first-order chi connectivity index (χ1) is 9.84. The van der Waals surface area contributed by atoms with Crippen molar-refractivity contribution in [3.05, 3.63) is 29.8 Å². The first-order valence-corrected chi connectivity index (χ1v) is 7.95. The Morgan fingerprint density at radius 1 is 1.20 bits per heavy atom. The molecule has 1 saturated carbocycles. The van der Waals surface area contributed by atoms with Crippen LogP contribution in [0, 0.1) is 5.92 Å². The molecule has 0 saturated heterocycles. The van der Waals surface area contributed by atoms with Gasteiger partial charge in [-0.2, -0.15) is 0 Å². The predicted octanol–water partition coefficient (Wildman–Crippen LogP) is 3.28. The Labute approximate surface area is 121 Å². The molecule has 1 unspecified atom stereocenters. The van der Waals surface area contributed by atoms with Crippen LogP contribution in [-0.4, -0.2) is 19.0 Å². The zero-order valence-corrected chi connectivity index (χ0v) is 12.0. The van der Waals surface area contributed by atoms with Crippen LogP contribution >= 0.6 is 0 Å². The van der Waals surface area contributed by atoms with Crippen molar-refractivity contribution in [2.45, 2.75) is 44.4 Å². The average Bonchev–Trinajstić information content (AvgIpc) is 3.00. The maximum absolute atomic E-state index is 12.4. The third kappa shape index (κ3) is 2.97. The molecule has 3 rings (SSSR count). The van der Waals surface area contributed by atoms with E-state index in [-0.39, 0.29) is 11.8 Å². The lowest BCUT2D eigenvalue weighted by molar-refractivity contribution is -0.122. The highest BCUT2D eigenvalue weighted by molar-refractivity contribution is 5.86. The van der Waals surface area contributed by atoms with Gasteiger partial charge in [0.1, 0.15) is 0 Å². The van der Waals surface area contributed by atoms with Crippen LogP contribution in [0.25, 0.3) is 0 Å². The third-order valence-electron chi connectivity index (χ3n) is 4.73. The number of hydrogen-bond donors (Lipinski definition) is 2. The van der Waals surface area contributed by atoms with E-state index in [1.807, 2.05) is 12.1 Å². The molecule has 0 spiro atoms. The molecule has 20 heavy (non-hydrogen) atoms. The van der Waals surface area contributed by atoms with Gasteiger partial charge in [0.2, 0.25) is 5.91 Å². The van der Waals surface area contributed by atoms with Crippen LogP contribution in [0.15, 0.2) is 24.3 Å². The number of anilines is 1. The van der Waals surface area contributed by atoms with Gasteiger partial charge in [-0.3, -0.25) is 4.79 Å². The summed E-state index contributed by atoms with van der Waals surface area (Å²) in [5.41, 5.74) is 2.27. The summed E-state index contributed by atoms with van der Waals surface area (Å²) in [5.74, 6) is 1.07. The topological polar surface area (TPSA) is 41.1 Å². The minimum atomic E-state index is 0.0241. The normalized spacial score (nSPS) is 22.1. The molecular weight excluding hydrogens is 248 g/mol. The summed E-state index contributed by atoms with van der Waals surface area (Å²) in [5, 5.41) is 6.52. The predicted molar refractivity (Wildman–Crippen MR) is 81.9 cm³/mol. The van der Waals surface area contributed by atoms with Crippen LogP contribution in [-0.2, 0) is 4.79 Å². The minimum Gasteiger partial charge on any atom is -0.385 e. The summed E-state index contributed by atoms with van der Waals surface area (Å²) < 4.78 is 0. The quantitative estimate of drug-likeness (QED) is 0.883. The van der Waals surface area contributed by atoms with Gasteiger partial charge in [-0.05, 0) is 30.4 Å². The van der Waals surface area contributed by atoms with Crippen molar-refractivity contribution in [3.63, 3.8) is 0 Å². The van der Waals surface area contributed by atoms with Crippen molar-refractivity contribution in [2.24, 2.45) is 5.92 Å². The molecular formula is C17H24N2O. The molecule has 0 aromatic heterocycles. The van der Waals surface area contributed by atoms with E-state index in [4.69, 9.17) is 0 Å². The van der Waals surface area contributed by atoms with Crippen LogP contribution in [0.2, 0.25) is 0 Å². The Bertz CT molecular complexity index is 466. The Morgan fingerprint density at radius 2 is 2.00 bits per heavy atom. The molecule has 1 aromatic rings. The summed E-state index contributed by atoms with van der Waals surface area (Å²) in [6.45, 7) is 1.73. The Morgan fingerprint density at radius 3 is 2.85 bits per heavy atom. The smallest absolute Gasteiger partial charge is 0.227 e. The number of amides is 1. The lowest BCUT2D eigenvalue weighted by Crippen LogP contribution is -2.34. The van der Waals surface area contributed by atoms with Gasteiger partial charge in [0.25, 0.3) is 0 Å². The SMILES string of the molecule is O=C(NCCC1CCCC1)C1CCNc2ccccc21. The van der Waals surface area contributed by atoms with Gasteiger partial charge in [-0.25, -0.2) is 0 Å². The summed E-state index contributed by atoms with van der Waals surface area (Å²) in [7, 11) is 0. The van der Waals surface area contributed by atoms with Crippen molar-refractivity contribution in [1.82, 2.24) is 5.32 Å². The summed E-state index contributed by atoms with van der Waals surface area (Å²) >= 11 is 0. The summed E-state index contributed by atoms with van der Waals surface area (Å²) in [6, 6.07) is 8.17. The molecule has 0 radical (unpaired) electrons. The van der Waals surface area contributed by atoms with Crippen molar-refractivity contribution < 1.29 is 4.79 Å². The maximum atomic E-state index is 12.4. The van der Waals surface area contributed by atoms with E-state index in [0.29, 0.717) is 0 Å². The zero-order valence-electron chi connectivity index (χ0n) is 12.0. The number of rotatable bonds is 4. The standard InChI is InChI=1S/C17H24N2O/c20-17(19-11-9-13-5-1-2-6-13)15-10-12-18-16-8-4-3-7-14(15)16/h3-4,7-8,13,15,18H,1-2,5-6,9-12H2,(H,19,20). The fourth-order valence-electron chi connectivity index (χ4n) is 3.56. The van der Waals surface area contributed by atoms with Gasteiger partial charge in [0.05, 0.1) is 5.92 Å². The monoisotopic (exact) mass is 272 g/mol. The minimum absolute atomic E-state index is 0.0241. The summed E-state index contributed by atoms with van der Waals surface area (Å²) in [6.07, 6.45) is 7.50. The Balaban J connectivity index is 1.55. The molecule has 3 heteroatoms. The number of fused-ring (bicyclic) bond motifs is 1. The van der Waals surface area contributed by atoms with Gasteiger partial charge < -0.3 is 10.6 Å². The number of benzene rings is 1. The van der Waals surface area contributed by atoms with Crippen LogP contribution in [0.5, 0.6) is 0 Å². The van der Waals surface area contributed by atoms with E-state index in [9.17, 15) is 4.79 Å². The van der Waals surface area contributed by atoms with Crippen molar-refractivity contribution in [3.8, 4) is 0 Å². The van der Waals surface area contributed by atoms with Gasteiger partial charge in [0.15, 0.2) is 0 Å². The van der Waals surface area contributed by atoms with Crippen molar-refractivity contribution >= 4 is 11.6 Å². The van der Waals surface area contributed by atoms with Gasteiger partial charge in [0, 0.05) is 18.8 Å². The van der Waals surface area contributed by atoms with E-state index >= 15 is 0 Å². The second-order valence-corrected chi connectivity index (χ2v) is 6.09. The second-order valence-electron chi connectivity index (χ2n) is 6.09. The molecule has 2 N–H and O–H groups in total. The van der Waals surface area contributed by atoms with Crippen LogP contribution in [0.4, 0.5) is 5.69 Å². The summed E-state index contributed by atoms with van der Waals surface area (Å²) in [4.78, 5) is 12.4. The Hall–Kier alpha value is -1.51. The molecule has 3 nitrogen and oxygen atoms in total. The molecule has 1 aromatic carbocycles. The molecule has 1 atom stereocenters. The molecule has 2 aliphatic rings. The van der Waals surface area contributed by atoms with Crippen LogP contribution in [0.1, 0.15) is 50.0 Å². The van der Waals surface area contributed by atoms with E-state index in [1.54, 1.807) is 0 Å². The maximum Gasteiger partial charge on any atom is 0.227 e. The highest BCUT2D eigenvalue weighted by atomic mass is 16.1. The molecule has 1 aliphatic heterocycles. The van der Waals surface area contributed by atoms with Gasteiger partial charge >= 0.3 is 0 Å². The Kier molecular flexibility index (Phi) is 4.24. The van der Waals surface area contributed by atoms with E-state index in [1.165, 1.54) is 25.7 Å². The number of para-hydroxylation sites is 1. The fourth-order valence-corrected chi connectivity index (χ4v) is 3.56. The van der Waals surface area contributed by atoms with Gasteiger partial charge in [-0.15, -0.1) is 0 Å². The second kappa shape index (κ2) is 6.29. The largest absolute Gasteiger partial charge is 0.385 e. The number of hydrogen-bond acceptors (Lipinski definition) is 2. The van der Waals surface area contributed by atoms with E-state index in [0.717, 1.165) is 43.1 Å². The molecule has 1 heterocycles. The first kappa shape index (κ1) is 13.5. The van der Waals surface area contributed by atoms with Gasteiger partial charge in [-0.1, -0.05) is 43.9 Å². The average molecular weight is 272 g/mol. The number of carbonyl (C=O) groups excluding carboxylic acids is 1. The zero-order chi connectivity index (χ0) is 13.8. The highest BCUT2D eigenvalue weighted by Gasteiger charge is 2.26. The van der Waals surface area contributed by atoms with Crippen molar-refractivity contribution in [1.29, 1.82) is 0 Å². The number of carbonyl (C=O) groups is 1. The van der Waals surface area contributed by atoms with Crippen LogP contribution in [0.3, 0.4) is 0 Å².